The number of aromatic nitrogens is 1. The number of Topliss-reactive ketones (excluding diaryl/α,β-unsaturated/α-hetero) is 2. The predicted molar refractivity (Wildman–Crippen MR) is 175 cm³/mol. The zero-order chi connectivity index (χ0) is 34.5. The van der Waals surface area contributed by atoms with E-state index in [1.165, 1.54) is 30.4 Å². The van der Waals surface area contributed by atoms with Crippen LogP contribution >= 0.6 is 0 Å². The molecule has 2 saturated carbocycles. The lowest BCUT2D eigenvalue weighted by Crippen LogP contribution is -2.65. The van der Waals surface area contributed by atoms with E-state index in [4.69, 9.17) is 5.73 Å². The molecule has 48 heavy (non-hydrogen) atoms. The van der Waals surface area contributed by atoms with Gasteiger partial charge in [-0.15, -0.1) is 0 Å². The Balaban J connectivity index is 1.45. The molecule has 4 aliphatic rings. The number of aryl methyl sites for hydroxylation is 1. The number of carbonyl (C=O) groups is 4. The number of carbonyl (C=O) groups excluding carboxylic acids is 4. The fourth-order valence-corrected chi connectivity index (χ4v) is 8.42. The van der Waals surface area contributed by atoms with Crippen LogP contribution in [0.25, 0.3) is 5.76 Å². The van der Waals surface area contributed by atoms with Crippen molar-refractivity contribution in [2.45, 2.75) is 76.0 Å². The maximum atomic E-state index is 14.3. The Hall–Kier alpha value is -4.55. The first-order chi connectivity index (χ1) is 22.9. The van der Waals surface area contributed by atoms with E-state index in [9.17, 15) is 39.6 Å². The number of amides is 2. The number of fused-ring (bicyclic) bond motifs is 3. The van der Waals surface area contributed by atoms with Crippen molar-refractivity contribution in [2.75, 3.05) is 14.1 Å². The van der Waals surface area contributed by atoms with Gasteiger partial charge < -0.3 is 31.5 Å². The molecule has 4 atom stereocenters. The molecule has 1 heterocycles. The molecule has 12 heteroatoms. The van der Waals surface area contributed by atoms with Crippen LogP contribution in [0.3, 0.4) is 0 Å². The van der Waals surface area contributed by atoms with Crippen molar-refractivity contribution in [1.82, 2.24) is 15.2 Å². The first-order valence-corrected chi connectivity index (χ1v) is 16.6. The number of nitrogens with two attached hydrogens (primary N) is 1. The van der Waals surface area contributed by atoms with E-state index in [1.807, 2.05) is 6.07 Å². The highest BCUT2D eigenvalue weighted by molar-refractivity contribution is 6.24. The molecule has 0 aliphatic heterocycles. The van der Waals surface area contributed by atoms with Crippen molar-refractivity contribution in [3.63, 3.8) is 0 Å². The number of aliphatic hydroxyl groups excluding tert-OH is 2. The summed E-state index contributed by atoms with van der Waals surface area (Å²) in [7, 11) is 3.15. The van der Waals surface area contributed by atoms with Crippen molar-refractivity contribution in [3.8, 4) is 5.75 Å². The van der Waals surface area contributed by atoms with E-state index in [0.717, 1.165) is 24.8 Å². The van der Waals surface area contributed by atoms with Gasteiger partial charge >= 0.3 is 0 Å². The highest BCUT2D eigenvalue weighted by atomic mass is 16.3. The second-order valence-electron chi connectivity index (χ2n) is 13.8. The molecule has 0 unspecified atom stereocenters. The number of rotatable bonds is 8. The van der Waals surface area contributed by atoms with Crippen molar-refractivity contribution in [2.24, 2.45) is 23.5 Å². The number of aromatic hydroxyl groups is 1. The third-order valence-electron chi connectivity index (χ3n) is 10.8. The zero-order valence-electron chi connectivity index (χ0n) is 27.2. The number of primary amides is 1. The summed E-state index contributed by atoms with van der Waals surface area (Å²) in [5.41, 5.74) is 3.92. The van der Waals surface area contributed by atoms with E-state index in [1.54, 1.807) is 32.4 Å². The van der Waals surface area contributed by atoms with Gasteiger partial charge in [-0.25, -0.2) is 0 Å². The molecule has 6 rings (SSSR count). The van der Waals surface area contributed by atoms with Gasteiger partial charge in [-0.2, -0.15) is 0 Å². The lowest BCUT2D eigenvalue weighted by Gasteiger charge is -2.50. The van der Waals surface area contributed by atoms with Gasteiger partial charge in [0.05, 0.1) is 17.2 Å². The van der Waals surface area contributed by atoms with E-state index >= 15 is 0 Å². The number of aliphatic hydroxyl groups is 3. The minimum Gasteiger partial charge on any atom is -0.508 e. The molecule has 7 N–H and O–H groups in total. The number of nitrogens with zero attached hydrogens (tertiary/aromatic N) is 2. The van der Waals surface area contributed by atoms with Gasteiger partial charge in [0.1, 0.15) is 22.8 Å². The first kappa shape index (κ1) is 33.4. The number of benzene rings is 1. The summed E-state index contributed by atoms with van der Waals surface area (Å²) in [6.07, 6.45) is 10.6. The normalized spacial score (nSPS) is 25.9. The summed E-state index contributed by atoms with van der Waals surface area (Å²) >= 11 is 0. The summed E-state index contributed by atoms with van der Waals surface area (Å²) in [5.74, 6) is -6.76. The summed E-state index contributed by atoms with van der Waals surface area (Å²) in [6, 6.07) is 3.95. The molecular formula is C36H42N4O8. The SMILES string of the molecule is CN(C)[C@@H]1C(=O)C(C(N)=O)=C(O)[C@@]2(O)C(=O)C3=C(O)c4c(O)c(CNC(=O)c5cccnc5)cc(CCC5CCCCC5)c4C[C@H]3C[C@@H]12. The molecule has 1 aromatic carbocycles. The molecule has 0 spiro atoms. The van der Waals surface area contributed by atoms with Gasteiger partial charge in [-0.05, 0) is 74.9 Å². The van der Waals surface area contributed by atoms with Crippen LogP contribution in [0.2, 0.25) is 0 Å². The van der Waals surface area contributed by atoms with Gasteiger partial charge in [0.25, 0.3) is 11.8 Å². The highest BCUT2D eigenvalue weighted by Crippen LogP contribution is 2.53. The third kappa shape index (κ3) is 5.46. The summed E-state index contributed by atoms with van der Waals surface area (Å²) < 4.78 is 0. The summed E-state index contributed by atoms with van der Waals surface area (Å²) in [6.45, 7) is -0.0760. The maximum Gasteiger partial charge on any atom is 0.255 e. The topological polar surface area (TPSA) is 203 Å². The molecule has 0 saturated heterocycles. The average Bonchev–Trinajstić information content (AvgIpc) is 3.06. The van der Waals surface area contributed by atoms with E-state index in [0.29, 0.717) is 29.0 Å². The van der Waals surface area contributed by atoms with Crippen LogP contribution in [0.5, 0.6) is 5.75 Å². The number of ketones is 2. The number of hydrogen-bond acceptors (Lipinski definition) is 10. The van der Waals surface area contributed by atoms with E-state index in [-0.39, 0.29) is 36.3 Å². The van der Waals surface area contributed by atoms with Crippen LogP contribution in [0.15, 0.2) is 47.5 Å². The highest BCUT2D eigenvalue weighted by Gasteiger charge is 2.64. The lowest BCUT2D eigenvalue weighted by atomic mass is 9.57. The van der Waals surface area contributed by atoms with Crippen LogP contribution in [-0.4, -0.2) is 79.4 Å². The Kier molecular flexibility index (Phi) is 8.90. The molecule has 2 aromatic rings. The molecule has 2 fully saturated rings. The largest absolute Gasteiger partial charge is 0.508 e. The molecule has 12 nitrogen and oxygen atoms in total. The van der Waals surface area contributed by atoms with Crippen molar-refractivity contribution in [3.05, 3.63) is 75.3 Å². The van der Waals surface area contributed by atoms with Gasteiger partial charge in [0.15, 0.2) is 11.4 Å². The minimum absolute atomic E-state index is 0.0253. The Bertz CT molecular complexity index is 1740. The van der Waals surface area contributed by atoms with Crippen molar-refractivity contribution in [1.29, 1.82) is 0 Å². The monoisotopic (exact) mass is 658 g/mol. The Morgan fingerprint density at radius 1 is 1.10 bits per heavy atom. The van der Waals surface area contributed by atoms with Gasteiger partial charge in [-0.3, -0.25) is 29.1 Å². The lowest BCUT2D eigenvalue weighted by molar-refractivity contribution is -0.153. The number of likely N-dealkylation sites (N-methyl/N-ethyl adjacent to an activating group) is 1. The van der Waals surface area contributed by atoms with E-state index < -0.39 is 64.0 Å². The Morgan fingerprint density at radius 3 is 2.48 bits per heavy atom. The second-order valence-corrected chi connectivity index (χ2v) is 13.8. The number of hydrogen-bond donors (Lipinski definition) is 6. The molecule has 254 valence electrons. The fraction of sp³-hybridized carbons (Fsp3) is 0.472. The van der Waals surface area contributed by atoms with Crippen LogP contribution in [0, 0.1) is 17.8 Å². The minimum atomic E-state index is -2.71. The number of pyridine rings is 1. The molecule has 2 amide bonds. The number of phenols is 1. The molecular weight excluding hydrogens is 616 g/mol. The molecule has 0 bridgehead atoms. The molecule has 4 aliphatic carbocycles. The van der Waals surface area contributed by atoms with E-state index in [2.05, 4.69) is 10.3 Å². The average molecular weight is 659 g/mol. The Labute approximate surface area is 278 Å². The summed E-state index contributed by atoms with van der Waals surface area (Å²) in [5, 5.41) is 49.3. The predicted octanol–water partition coefficient (Wildman–Crippen LogP) is 2.80. The molecule has 1 aromatic heterocycles. The van der Waals surface area contributed by atoms with Gasteiger partial charge in [0.2, 0.25) is 5.78 Å². The number of phenolic OH excluding ortho intramolecular Hbond substituents is 1. The van der Waals surface area contributed by atoms with Crippen LogP contribution in [-0.2, 0) is 33.8 Å². The fourth-order valence-electron chi connectivity index (χ4n) is 8.42. The summed E-state index contributed by atoms with van der Waals surface area (Å²) in [4.78, 5) is 58.3. The smallest absolute Gasteiger partial charge is 0.255 e. The van der Waals surface area contributed by atoms with Crippen LogP contribution in [0.1, 0.15) is 77.6 Å². The zero-order valence-corrected chi connectivity index (χ0v) is 27.2. The van der Waals surface area contributed by atoms with Crippen LogP contribution in [0.4, 0.5) is 0 Å². The molecule has 0 radical (unpaired) electrons. The second kappa shape index (κ2) is 12.8. The maximum absolute atomic E-state index is 14.3. The number of nitrogens with one attached hydrogen (secondary N) is 1. The van der Waals surface area contributed by atoms with Gasteiger partial charge in [-0.1, -0.05) is 38.2 Å². The standard InChI is InChI=1S/C36H42N4O8/c1-40(2)28-24-15-21-14-23-19(11-10-18-7-4-3-5-8-18)13-22(17-39-35(47)20-9-6-12-38-16-20)29(41)26(23)30(42)25(21)32(44)36(24,48)33(45)27(31(28)43)34(37)46/h6,9,12-13,16,18,21,24,28,41-42,45,48H,3-5,7-8,10-11,14-15,17H2,1-2H3,(H2,37,46)(H,39,47)/t21-,24-,28-,36-/m0/s1. The van der Waals surface area contributed by atoms with Crippen molar-refractivity contribution < 1.29 is 39.6 Å². The Morgan fingerprint density at radius 2 is 1.83 bits per heavy atom. The van der Waals surface area contributed by atoms with Gasteiger partial charge in [0, 0.05) is 36.0 Å². The third-order valence-corrected chi connectivity index (χ3v) is 10.8. The van der Waals surface area contributed by atoms with Crippen LogP contribution < -0.4 is 11.1 Å². The van der Waals surface area contributed by atoms with Crippen molar-refractivity contribution >= 4 is 29.1 Å². The quantitative estimate of drug-likeness (QED) is 0.229. The first-order valence-electron chi connectivity index (χ1n) is 16.6.